The molecule has 0 N–H and O–H groups in total. The summed E-state index contributed by atoms with van der Waals surface area (Å²) in [5.74, 6) is -0.485. The predicted molar refractivity (Wildman–Crippen MR) is 118 cm³/mol. The second-order valence-corrected chi connectivity index (χ2v) is 7.97. The molecule has 1 unspecified atom stereocenters. The van der Waals surface area contributed by atoms with Gasteiger partial charge in [0.25, 0.3) is 11.8 Å². The van der Waals surface area contributed by atoms with Crippen molar-refractivity contribution in [3.8, 4) is 0 Å². The molecule has 4 nitrogen and oxygen atoms in total. The molecule has 2 aliphatic heterocycles. The fraction of sp³-hybridized carbons (Fsp3) is 0.185. The van der Waals surface area contributed by atoms with Crippen molar-refractivity contribution < 1.29 is 14.3 Å². The lowest BCUT2D eigenvalue weighted by Gasteiger charge is -2.23. The number of hydrogen-bond donors (Lipinski definition) is 0. The summed E-state index contributed by atoms with van der Waals surface area (Å²) < 4.78 is 6.76. The van der Waals surface area contributed by atoms with Crippen LogP contribution in [0.4, 0.5) is 0 Å². The van der Waals surface area contributed by atoms with E-state index in [1.54, 1.807) is 0 Å². The third kappa shape index (κ3) is 3.11. The largest absolute Gasteiger partial charge is 0.347 e. The maximum Gasteiger partial charge on any atom is 0.253 e. The van der Waals surface area contributed by atoms with Gasteiger partial charge in [0.1, 0.15) is 5.60 Å². The first-order chi connectivity index (χ1) is 15.2. The van der Waals surface area contributed by atoms with Crippen molar-refractivity contribution in [2.75, 3.05) is 6.54 Å². The molecule has 0 bridgehead atoms. The monoisotopic (exact) mass is 409 g/mol. The molecule has 2 amide bonds. The molecule has 0 radical (unpaired) electrons. The van der Waals surface area contributed by atoms with Gasteiger partial charge in [0.15, 0.2) is 5.60 Å². The lowest BCUT2D eigenvalue weighted by molar-refractivity contribution is -0.136. The van der Waals surface area contributed by atoms with Crippen molar-refractivity contribution >= 4 is 11.8 Å². The second kappa shape index (κ2) is 7.64. The summed E-state index contributed by atoms with van der Waals surface area (Å²) in [6.07, 6.45) is 4.00. The van der Waals surface area contributed by atoms with Crippen LogP contribution in [-0.2, 0) is 25.5 Å². The van der Waals surface area contributed by atoms with Gasteiger partial charge in [0.05, 0.1) is 0 Å². The molecule has 0 aliphatic carbocycles. The molecule has 0 spiro atoms. The quantitative estimate of drug-likeness (QED) is 0.425. The SMILES string of the molecule is O=C1C=CC(=O)N1CCCC1(c2ccccc2)OC1(c1ccccc1)c1ccccc1. The first-order valence-corrected chi connectivity index (χ1v) is 10.6. The van der Waals surface area contributed by atoms with Crippen LogP contribution in [0.1, 0.15) is 29.5 Å². The summed E-state index contributed by atoms with van der Waals surface area (Å²) in [5, 5.41) is 0. The highest BCUT2D eigenvalue weighted by atomic mass is 16.6. The fourth-order valence-electron chi connectivity index (χ4n) is 4.81. The van der Waals surface area contributed by atoms with Crippen LogP contribution in [0.5, 0.6) is 0 Å². The van der Waals surface area contributed by atoms with Crippen LogP contribution in [0, 0.1) is 0 Å². The van der Waals surface area contributed by atoms with Crippen molar-refractivity contribution in [2.45, 2.75) is 24.0 Å². The van der Waals surface area contributed by atoms with Crippen LogP contribution in [0.25, 0.3) is 0 Å². The van der Waals surface area contributed by atoms with Crippen molar-refractivity contribution in [3.05, 3.63) is 120 Å². The minimum Gasteiger partial charge on any atom is -0.347 e. The molecule has 0 saturated carbocycles. The third-order valence-electron chi connectivity index (χ3n) is 6.27. The number of nitrogens with zero attached hydrogens (tertiary/aromatic N) is 1. The van der Waals surface area contributed by atoms with E-state index in [-0.39, 0.29) is 11.8 Å². The molecule has 154 valence electrons. The molecule has 4 heteroatoms. The van der Waals surface area contributed by atoms with Gasteiger partial charge < -0.3 is 4.74 Å². The molecule has 1 atom stereocenters. The van der Waals surface area contributed by atoms with E-state index in [1.807, 2.05) is 54.6 Å². The Morgan fingerprint density at radius 2 is 1.10 bits per heavy atom. The van der Waals surface area contributed by atoms with E-state index >= 15 is 0 Å². The lowest BCUT2D eigenvalue weighted by Crippen LogP contribution is -2.32. The highest BCUT2D eigenvalue weighted by Gasteiger charge is 2.71. The molecule has 1 saturated heterocycles. The molecular formula is C27H23NO3. The summed E-state index contributed by atoms with van der Waals surface area (Å²) in [6, 6.07) is 30.8. The Balaban J connectivity index is 1.54. The lowest BCUT2D eigenvalue weighted by atomic mass is 9.75. The van der Waals surface area contributed by atoms with E-state index in [4.69, 9.17) is 4.74 Å². The summed E-state index contributed by atoms with van der Waals surface area (Å²) in [5.41, 5.74) is 2.10. The summed E-state index contributed by atoms with van der Waals surface area (Å²) in [4.78, 5) is 25.3. The summed E-state index contributed by atoms with van der Waals surface area (Å²) in [7, 11) is 0. The van der Waals surface area contributed by atoms with E-state index < -0.39 is 11.2 Å². The Bertz CT molecular complexity index is 1070. The average Bonchev–Trinajstić information content (AvgIpc) is 3.43. The van der Waals surface area contributed by atoms with E-state index in [0.29, 0.717) is 19.4 Å². The standard InChI is InChI=1S/C27H23NO3/c29-24-17-18-25(30)28(24)20-10-19-26(21-11-4-1-5-12-21)27(31-26,22-13-6-2-7-14-22)23-15-8-3-9-16-23/h1-9,11-18H,10,19-20H2. The maximum absolute atomic E-state index is 12.0. The minimum absolute atomic E-state index is 0.243. The molecule has 31 heavy (non-hydrogen) atoms. The van der Waals surface area contributed by atoms with E-state index in [9.17, 15) is 9.59 Å². The molecule has 2 heterocycles. The molecular weight excluding hydrogens is 386 g/mol. The van der Waals surface area contributed by atoms with Gasteiger partial charge in [0, 0.05) is 18.7 Å². The van der Waals surface area contributed by atoms with Gasteiger partial charge in [0.2, 0.25) is 0 Å². The number of benzene rings is 3. The van der Waals surface area contributed by atoms with Crippen LogP contribution in [0.2, 0.25) is 0 Å². The Labute approximate surface area is 181 Å². The van der Waals surface area contributed by atoms with Gasteiger partial charge in [-0.2, -0.15) is 0 Å². The molecule has 3 aromatic carbocycles. The Morgan fingerprint density at radius 3 is 1.58 bits per heavy atom. The Hall–Kier alpha value is -3.50. The van der Waals surface area contributed by atoms with E-state index in [1.165, 1.54) is 17.1 Å². The van der Waals surface area contributed by atoms with Gasteiger partial charge in [-0.15, -0.1) is 0 Å². The smallest absolute Gasteiger partial charge is 0.253 e. The number of carbonyl (C=O) groups is 2. The minimum atomic E-state index is -0.617. The fourth-order valence-corrected chi connectivity index (χ4v) is 4.81. The zero-order valence-corrected chi connectivity index (χ0v) is 17.1. The predicted octanol–water partition coefficient (Wildman–Crippen LogP) is 4.56. The summed E-state index contributed by atoms with van der Waals surface area (Å²) >= 11 is 0. The van der Waals surface area contributed by atoms with Gasteiger partial charge in [-0.25, -0.2) is 0 Å². The molecule has 1 fully saturated rings. The zero-order valence-electron chi connectivity index (χ0n) is 17.1. The highest BCUT2D eigenvalue weighted by Crippen LogP contribution is 2.67. The van der Waals surface area contributed by atoms with Gasteiger partial charge in [-0.1, -0.05) is 91.0 Å². The molecule has 5 rings (SSSR count). The van der Waals surface area contributed by atoms with Crippen molar-refractivity contribution in [3.63, 3.8) is 0 Å². The van der Waals surface area contributed by atoms with E-state index in [0.717, 1.165) is 16.7 Å². The topological polar surface area (TPSA) is 49.9 Å². The maximum atomic E-state index is 12.0. The third-order valence-corrected chi connectivity index (χ3v) is 6.27. The number of amides is 2. The Morgan fingerprint density at radius 1 is 0.645 bits per heavy atom. The Kier molecular flexibility index (Phi) is 4.79. The number of imide groups is 1. The van der Waals surface area contributed by atoms with Crippen molar-refractivity contribution in [1.82, 2.24) is 4.90 Å². The van der Waals surface area contributed by atoms with Crippen LogP contribution >= 0.6 is 0 Å². The normalized spacial score (nSPS) is 21.5. The van der Waals surface area contributed by atoms with Gasteiger partial charge >= 0.3 is 0 Å². The van der Waals surface area contributed by atoms with Crippen molar-refractivity contribution in [1.29, 1.82) is 0 Å². The van der Waals surface area contributed by atoms with Crippen LogP contribution in [-0.4, -0.2) is 23.3 Å². The highest BCUT2D eigenvalue weighted by molar-refractivity contribution is 6.12. The molecule has 0 aromatic heterocycles. The number of hydrogen-bond acceptors (Lipinski definition) is 3. The van der Waals surface area contributed by atoms with Gasteiger partial charge in [-0.3, -0.25) is 14.5 Å². The van der Waals surface area contributed by atoms with Crippen LogP contribution < -0.4 is 0 Å². The number of epoxide rings is 1. The molecule has 2 aliphatic rings. The van der Waals surface area contributed by atoms with Gasteiger partial charge in [-0.05, 0) is 29.5 Å². The first-order valence-electron chi connectivity index (χ1n) is 10.6. The molecule has 3 aromatic rings. The number of rotatable bonds is 7. The number of carbonyl (C=O) groups excluding carboxylic acids is 2. The van der Waals surface area contributed by atoms with E-state index in [2.05, 4.69) is 36.4 Å². The summed E-state index contributed by atoms with van der Waals surface area (Å²) in [6.45, 7) is 0.377. The van der Waals surface area contributed by atoms with Crippen LogP contribution in [0.3, 0.4) is 0 Å². The zero-order chi connectivity index (χ0) is 21.3. The average molecular weight is 409 g/mol. The van der Waals surface area contributed by atoms with Crippen LogP contribution in [0.15, 0.2) is 103 Å². The second-order valence-electron chi connectivity index (χ2n) is 7.97. The van der Waals surface area contributed by atoms with Crippen molar-refractivity contribution in [2.24, 2.45) is 0 Å². The number of ether oxygens (including phenoxy) is 1. The first kappa shape index (κ1) is 19.5.